The summed E-state index contributed by atoms with van der Waals surface area (Å²) in [4.78, 5) is 11.3. The Bertz CT molecular complexity index is 726. The van der Waals surface area contributed by atoms with Crippen LogP contribution in [0.2, 0.25) is 0 Å². The molecule has 3 nitrogen and oxygen atoms in total. The molecule has 114 valence electrons. The Kier molecular flexibility index (Phi) is 3.52. The number of fused-ring (bicyclic) bond motifs is 1. The average molecular weight is 307 g/mol. The van der Waals surface area contributed by atoms with Crippen LogP contribution < -0.4 is 10.1 Å². The number of anilines is 1. The van der Waals surface area contributed by atoms with E-state index in [1.54, 1.807) is 18.2 Å². The summed E-state index contributed by atoms with van der Waals surface area (Å²) in [6.07, 6.45) is -3.68. The van der Waals surface area contributed by atoms with Gasteiger partial charge in [0.1, 0.15) is 5.75 Å². The molecule has 2 aromatic carbocycles. The summed E-state index contributed by atoms with van der Waals surface area (Å²) in [6, 6.07) is 11.2. The van der Waals surface area contributed by atoms with Crippen molar-refractivity contribution in [1.82, 2.24) is 0 Å². The fourth-order valence-corrected chi connectivity index (χ4v) is 2.44. The molecule has 1 aliphatic rings. The zero-order valence-corrected chi connectivity index (χ0v) is 11.4. The fourth-order valence-electron chi connectivity index (χ4n) is 2.44. The number of nitrogens with one attached hydrogen (secondary N) is 1. The van der Waals surface area contributed by atoms with Gasteiger partial charge in [0, 0.05) is 12.1 Å². The number of carbonyl (C=O) groups excluding carboxylic acids is 1. The third-order valence-electron chi connectivity index (χ3n) is 3.40. The molecule has 1 aliphatic heterocycles. The molecule has 0 bridgehead atoms. The van der Waals surface area contributed by atoms with E-state index in [1.165, 1.54) is 18.2 Å². The van der Waals surface area contributed by atoms with Crippen molar-refractivity contribution in [1.29, 1.82) is 0 Å². The lowest BCUT2D eigenvalue weighted by Crippen LogP contribution is -2.18. The van der Waals surface area contributed by atoms with E-state index in [9.17, 15) is 18.0 Å². The number of carbonyl (C=O) groups is 1. The Morgan fingerprint density at radius 2 is 1.77 bits per heavy atom. The van der Waals surface area contributed by atoms with Gasteiger partial charge in [-0.3, -0.25) is 4.79 Å². The summed E-state index contributed by atoms with van der Waals surface area (Å²) >= 11 is 0. The van der Waals surface area contributed by atoms with Crippen molar-refractivity contribution in [2.24, 2.45) is 0 Å². The summed E-state index contributed by atoms with van der Waals surface area (Å²) in [5.74, 6) is -0.281. The molecule has 1 N–H and O–H groups in total. The maximum atomic E-state index is 12.3. The van der Waals surface area contributed by atoms with E-state index < -0.39 is 6.36 Å². The molecule has 0 radical (unpaired) electrons. The summed E-state index contributed by atoms with van der Waals surface area (Å²) in [5, 5.41) is 2.77. The molecular weight excluding hydrogens is 295 g/mol. The maximum absolute atomic E-state index is 12.3. The highest BCUT2D eigenvalue weighted by Crippen LogP contribution is 2.31. The molecule has 0 spiro atoms. The van der Waals surface area contributed by atoms with Crippen LogP contribution in [0, 0.1) is 0 Å². The van der Waals surface area contributed by atoms with E-state index in [4.69, 9.17) is 0 Å². The molecule has 0 atom stereocenters. The van der Waals surface area contributed by atoms with Crippen LogP contribution in [-0.2, 0) is 11.2 Å². The molecule has 0 unspecified atom stereocenters. The Morgan fingerprint density at radius 1 is 1.00 bits per heavy atom. The predicted molar refractivity (Wildman–Crippen MR) is 75.5 cm³/mol. The minimum absolute atomic E-state index is 0.0270. The fraction of sp³-hybridized carbons (Fsp3) is 0.188. The zero-order valence-electron chi connectivity index (χ0n) is 11.4. The topological polar surface area (TPSA) is 38.3 Å². The monoisotopic (exact) mass is 307 g/mol. The second-order valence-corrected chi connectivity index (χ2v) is 5.00. The van der Waals surface area contributed by atoms with Crippen molar-refractivity contribution < 1.29 is 22.7 Å². The third kappa shape index (κ3) is 3.21. The molecule has 22 heavy (non-hydrogen) atoms. The van der Waals surface area contributed by atoms with Gasteiger partial charge in [0.2, 0.25) is 5.91 Å². The molecule has 1 amide bonds. The molecule has 2 aromatic rings. The number of hydrogen-bond donors (Lipinski definition) is 1. The van der Waals surface area contributed by atoms with Gasteiger partial charge in [-0.2, -0.15) is 0 Å². The van der Waals surface area contributed by atoms with Crippen molar-refractivity contribution in [3.63, 3.8) is 0 Å². The lowest BCUT2D eigenvalue weighted by atomic mass is 9.97. The summed E-state index contributed by atoms with van der Waals surface area (Å²) in [5.41, 5.74) is 3.13. The zero-order chi connectivity index (χ0) is 15.7. The molecule has 3 rings (SSSR count). The van der Waals surface area contributed by atoms with Gasteiger partial charge in [0.25, 0.3) is 0 Å². The number of aryl methyl sites for hydroxylation is 1. The van der Waals surface area contributed by atoms with Crippen molar-refractivity contribution in [2.75, 3.05) is 5.32 Å². The van der Waals surface area contributed by atoms with Gasteiger partial charge in [-0.05, 0) is 47.4 Å². The van der Waals surface area contributed by atoms with Crippen LogP contribution in [-0.4, -0.2) is 12.3 Å². The standard InChI is InChI=1S/C16H12F3NO2/c17-16(18,19)22-13-3-1-2-10(9-13)11-4-6-14-12(8-11)5-7-15(21)20-14/h1-4,6,8-9H,5,7H2,(H,20,21). The van der Waals surface area contributed by atoms with Gasteiger partial charge in [-0.1, -0.05) is 18.2 Å². The van der Waals surface area contributed by atoms with E-state index in [0.29, 0.717) is 18.4 Å². The van der Waals surface area contributed by atoms with E-state index >= 15 is 0 Å². The first-order valence-electron chi connectivity index (χ1n) is 6.70. The minimum Gasteiger partial charge on any atom is -0.406 e. The lowest BCUT2D eigenvalue weighted by Gasteiger charge is -2.18. The number of ether oxygens (including phenoxy) is 1. The highest BCUT2D eigenvalue weighted by molar-refractivity contribution is 5.94. The van der Waals surface area contributed by atoms with Gasteiger partial charge in [-0.15, -0.1) is 13.2 Å². The maximum Gasteiger partial charge on any atom is 0.573 e. The van der Waals surface area contributed by atoms with Gasteiger partial charge in [0.15, 0.2) is 0 Å². The normalized spacial score (nSPS) is 14.2. The molecular formula is C16H12F3NO2. The number of benzene rings is 2. The third-order valence-corrected chi connectivity index (χ3v) is 3.40. The van der Waals surface area contributed by atoms with Crippen LogP contribution in [0.4, 0.5) is 18.9 Å². The van der Waals surface area contributed by atoms with E-state index in [0.717, 1.165) is 16.8 Å². The Balaban J connectivity index is 1.91. The van der Waals surface area contributed by atoms with Gasteiger partial charge in [0.05, 0.1) is 0 Å². The van der Waals surface area contributed by atoms with Crippen LogP contribution in [0.5, 0.6) is 5.75 Å². The number of halogens is 3. The van der Waals surface area contributed by atoms with Crippen LogP contribution in [0.25, 0.3) is 11.1 Å². The second-order valence-electron chi connectivity index (χ2n) is 5.00. The first kappa shape index (κ1) is 14.4. The van der Waals surface area contributed by atoms with Gasteiger partial charge >= 0.3 is 6.36 Å². The molecule has 1 heterocycles. The SMILES string of the molecule is O=C1CCc2cc(-c3cccc(OC(F)(F)F)c3)ccc2N1. The molecule has 0 aliphatic carbocycles. The molecule has 0 aromatic heterocycles. The highest BCUT2D eigenvalue weighted by Gasteiger charge is 2.31. The quantitative estimate of drug-likeness (QED) is 0.905. The van der Waals surface area contributed by atoms with Crippen LogP contribution in [0.3, 0.4) is 0 Å². The van der Waals surface area contributed by atoms with Crippen molar-refractivity contribution in [3.05, 3.63) is 48.0 Å². The number of amides is 1. The van der Waals surface area contributed by atoms with Crippen molar-refractivity contribution in [3.8, 4) is 16.9 Å². The summed E-state index contributed by atoms with van der Waals surface area (Å²) < 4.78 is 40.8. The largest absolute Gasteiger partial charge is 0.573 e. The smallest absolute Gasteiger partial charge is 0.406 e. The number of hydrogen-bond acceptors (Lipinski definition) is 2. The van der Waals surface area contributed by atoms with Crippen molar-refractivity contribution >= 4 is 11.6 Å². The average Bonchev–Trinajstić information content (AvgIpc) is 2.45. The van der Waals surface area contributed by atoms with E-state index in [1.807, 2.05) is 6.07 Å². The first-order chi connectivity index (χ1) is 10.4. The Labute approximate surface area is 124 Å². The first-order valence-corrected chi connectivity index (χ1v) is 6.70. The molecule has 0 saturated heterocycles. The van der Waals surface area contributed by atoms with Gasteiger partial charge in [-0.25, -0.2) is 0 Å². The second kappa shape index (κ2) is 5.36. The Morgan fingerprint density at radius 3 is 2.55 bits per heavy atom. The van der Waals surface area contributed by atoms with Crippen LogP contribution in [0.1, 0.15) is 12.0 Å². The van der Waals surface area contributed by atoms with Gasteiger partial charge < -0.3 is 10.1 Å². The minimum atomic E-state index is -4.71. The summed E-state index contributed by atoms with van der Waals surface area (Å²) in [7, 11) is 0. The summed E-state index contributed by atoms with van der Waals surface area (Å²) in [6.45, 7) is 0. The molecule has 0 saturated carbocycles. The number of rotatable bonds is 2. The molecule has 6 heteroatoms. The molecule has 0 fully saturated rings. The van der Waals surface area contributed by atoms with Crippen molar-refractivity contribution in [2.45, 2.75) is 19.2 Å². The Hall–Kier alpha value is -2.50. The predicted octanol–water partition coefficient (Wildman–Crippen LogP) is 4.14. The van der Waals surface area contributed by atoms with Crippen LogP contribution in [0.15, 0.2) is 42.5 Å². The van der Waals surface area contributed by atoms with Crippen LogP contribution >= 0.6 is 0 Å². The highest BCUT2D eigenvalue weighted by atomic mass is 19.4. The lowest BCUT2D eigenvalue weighted by molar-refractivity contribution is -0.274. The van der Waals surface area contributed by atoms with E-state index in [2.05, 4.69) is 10.1 Å². The van der Waals surface area contributed by atoms with E-state index in [-0.39, 0.29) is 11.7 Å². The number of alkyl halides is 3.